The Morgan fingerprint density at radius 3 is 2.59 bits per heavy atom. The fraction of sp³-hybridized carbons (Fsp3) is 0.643. The minimum atomic E-state index is -1.09. The largest absolute Gasteiger partial charge is 0.511 e. The average molecular weight is 333 g/mol. The first kappa shape index (κ1) is 18.3. The van der Waals surface area contributed by atoms with Gasteiger partial charge in [-0.25, -0.2) is 14.6 Å². The maximum atomic E-state index is 12.1. The van der Waals surface area contributed by atoms with Crippen LogP contribution in [0.25, 0.3) is 0 Å². The van der Waals surface area contributed by atoms with Crippen LogP contribution in [0.3, 0.4) is 0 Å². The maximum absolute atomic E-state index is 12.1. The van der Waals surface area contributed by atoms with E-state index in [4.69, 9.17) is 21.1 Å². The molecule has 8 heteroatoms. The normalized spacial score (nSPS) is 11.9. The van der Waals surface area contributed by atoms with Crippen LogP contribution in [-0.4, -0.2) is 34.6 Å². The van der Waals surface area contributed by atoms with Crippen molar-refractivity contribution in [2.24, 2.45) is 7.05 Å². The Labute approximate surface area is 134 Å². The summed E-state index contributed by atoms with van der Waals surface area (Å²) in [6, 6.07) is 0. The van der Waals surface area contributed by atoms with E-state index in [1.165, 1.54) is 6.92 Å². The number of aromatic nitrogens is 2. The summed E-state index contributed by atoms with van der Waals surface area (Å²) in [4.78, 5) is 27.4. The summed E-state index contributed by atoms with van der Waals surface area (Å²) in [6.07, 6.45) is 0.681. The molecule has 1 heterocycles. The van der Waals surface area contributed by atoms with Gasteiger partial charge in [0.15, 0.2) is 10.8 Å². The molecule has 7 nitrogen and oxygen atoms in total. The lowest BCUT2D eigenvalue weighted by Gasteiger charge is -2.14. The van der Waals surface area contributed by atoms with Crippen molar-refractivity contribution in [3.8, 4) is 0 Å². The number of ether oxygens (including phenoxy) is 3. The van der Waals surface area contributed by atoms with Crippen molar-refractivity contribution in [2.75, 3.05) is 6.61 Å². The third kappa shape index (κ3) is 4.91. The van der Waals surface area contributed by atoms with Crippen LogP contribution in [-0.2, 0) is 27.7 Å². The number of carbonyl (C=O) groups is 2. The highest BCUT2D eigenvalue weighted by atomic mass is 35.5. The zero-order valence-corrected chi connectivity index (χ0v) is 14.0. The lowest BCUT2D eigenvalue weighted by Crippen LogP contribution is -2.23. The summed E-state index contributed by atoms with van der Waals surface area (Å²) in [5.41, 5.74) is 0.132. The smallest absolute Gasteiger partial charge is 0.435 e. The number of halogens is 1. The number of hydrogen-bond donors (Lipinski definition) is 0. The number of aryl methyl sites for hydroxylation is 1. The van der Waals surface area contributed by atoms with Crippen LogP contribution in [0, 0.1) is 0 Å². The minimum absolute atomic E-state index is 0.0712. The summed E-state index contributed by atoms with van der Waals surface area (Å²) < 4.78 is 16.0. The van der Waals surface area contributed by atoms with Gasteiger partial charge in [0.2, 0.25) is 6.29 Å². The Morgan fingerprint density at radius 2 is 2.00 bits per heavy atom. The summed E-state index contributed by atoms with van der Waals surface area (Å²) in [7, 11) is 1.69. The molecule has 0 aliphatic carbocycles. The second-order valence-corrected chi connectivity index (χ2v) is 4.96. The average Bonchev–Trinajstić information content (AvgIpc) is 2.70. The highest BCUT2D eigenvalue weighted by Crippen LogP contribution is 2.19. The molecule has 0 radical (unpaired) electrons. The van der Waals surface area contributed by atoms with E-state index >= 15 is 0 Å². The van der Waals surface area contributed by atoms with E-state index in [9.17, 15) is 9.59 Å². The Balaban J connectivity index is 2.73. The first-order valence-electron chi connectivity index (χ1n) is 7.16. The van der Waals surface area contributed by atoms with E-state index in [2.05, 4.69) is 16.6 Å². The Hall–Kier alpha value is -1.76. The van der Waals surface area contributed by atoms with Gasteiger partial charge in [-0.15, -0.1) is 0 Å². The van der Waals surface area contributed by atoms with Crippen LogP contribution in [0.15, 0.2) is 0 Å². The van der Waals surface area contributed by atoms with Crippen molar-refractivity contribution in [3.05, 3.63) is 16.7 Å². The Kier molecular flexibility index (Phi) is 7.17. The Morgan fingerprint density at radius 1 is 1.32 bits per heavy atom. The number of carbonyl (C=O) groups excluding carboxylic acids is 2. The quantitative estimate of drug-likeness (QED) is 0.564. The molecule has 0 fully saturated rings. The molecular formula is C14H21ClN2O5. The van der Waals surface area contributed by atoms with Crippen molar-refractivity contribution < 1.29 is 23.8 Å². The third-order valence-corrected chi connectivity index (χ3v) is 3.15. The molecule has 0 amide bonds. The van der Waals surface area contributed by atoms with E-state index in [1.807, 2.05) is 0 Å². The predicted octanol–water partition coefficient (Wildman–Crippen LogP) is 3.09. The molecule has 1 aromatic rings. The fourth-order valence-corrected chi connectivity index (χ4v) is 2.11. The second kappa shape index (κ2) is 8.63. The molecule has 0 aromatic carbocycles. The molecule has 0 aliphatic heterocycles. The van der Waals surface area contributed by atoms with Gasteiger partial charge in [0.25, 0.3) is 0 Å². The second-order valence-electron chi connectivity index (χ2n) is 4.60. The molecule has 1 aromatic heterocycles. The summed E-state index contributed by atoms with van der Waals surface area (Å²) in [6.45, 7) is 5.30. The molecule has 0 N–H and O–H groups in total. The first-order valence-corrected chi connectivity index (χ1v) is 7.53. The third-order valence-electron chi connectivity index (χ3n) is 2.89. The van der Waals surface area contributed by atoms with Gasteiger partial charge in [0.05, 0.1) is 6.61 Å². The lowest BCUT2D eigenvalue weighted by molar-refractivity contribution is -0.0815. The van der Waals surface area contributed by atoms with Gasteiger partial charge in [-0.2, -0.15) is 0 Å². The molecule has 0 spiro atoms. The van der Waals surface area contributed by atoms with Gasteiger partial charge in [0.1, 0.15) is 5.82 Å². The van der Waals surface area contributed by atoms with Crippen LogP contribution >= 0.6 is 11.6 Å². The monoisotopic (exact) mass is 332 g/mol. The van der Waals surface area contributed by atoms with Crippen LogP contribution < -0.4 is 0 Å². The highest BCUT2D eigenvalue weighted by Gasteiger charge is 2.24. The first-order chi connectivity index (χ1) is 10.4. The molecule has 0 aliphatic rings. The SMILES string of the molecule is CCCCc1nc(Cl)c(C(=O)OC(C)OC(=O)OCC)n1C. The zero-order valence-electron chi connectivity index (χ0n) is 13.2. The number of esters is 1. The fourth-order valence-electron chi connectivity index (χ4n) is 1.81. The molecule has 124 valence electrons. The molecular weight excluding hydrogens is 312 g/mol. The summed E-state index contributed by atoms with van der Waals surface area (Å²) in [5, 5.41) is 0.0712. The number of nitrogens with zero attached hydrogens (tertiary/aromatic N) is 2. The van der Waals surface area contributed by atoms with Crippen molar-refractivity contribution in [2.45, 2.75) is 46.3 Å². The number of unbranched alkanes of at least 4 members (excludes halogenated alkanes) is 1. The van der Waals surface area contributed by atoms with Gasteiger partial charge in [-0.05, 0) is 13.3 Å². The van der Waals surface area contributed by atoms with Gasteiger partial charge in [-0.1, -0.05) is 24.9 Å². The standard InChI is InChI=1S/C14H21ClN2O5/c1-5-7-8-10-16-12(15)11(17(10)4)13(18)21-9(3)22-14(19)20-6-2/h9H,5-8H2,1-4H3. The van der Waals surface area contributed by atoms with Crippen LogP contribution in [0.1, 0.15) is 49.9 Å². The highest BCUT2D eigenvalue weighted by molar-refractivity contribution is 6.32. The molecule has 0 bridgehead atoms. The number of hydrogen-bond acceptors (Lipinski definition) is 6. The molecule has 1 atom stereocenters. The van der Waals surface area contributed by atoms with E-state index in [0.717, 1.165) is 19.3 Å². The van der Waals surface area contributed by atoms with Crippen molar-refractivity contribution in [1.29, 1.82) is 0 Å². The summed E-state index contributed by atoms with van der Waals surface area (Å²) >= 11 is 6.00. The topological polar surface area (TPSA) is 79.7 Å². The van der Waals surface area contributed by atoms with Crippen molar-refractivity contribution in [3.63, 3.8) is 0 Å². The minimum Gasteiger partial charge on any atom is -0.435 e. The van der Waals surface area contributed by atoms with Gasteiger partial charge in [-0.3, -0.25) is 0 Å². The molecule has 22 heavy (non-hydrogen) atoms. The van der Waals surface area contributed by atoms with E-state index < -0.39 is 18.4 Å². The van der Waals surface area contributed by atoms with Gasteiger partial charge in [0, 0.05) is 20.4 Å². The van der Waals surface area contributed by atoms with E-state index in [0.29, 0.717) is 5.82 Å². The van der Waals surface area contributed by atoms with E-state index in [-0.39, 0.29) is 17.5 Å². The van der Waals surface area contributed by atoms with E-state index in [1.54, 1.807) is 18.5 Å². The molecule has 1 rings (SSSR count). The molecule has 0 saturated heterocycles. The van der Waals surface area contributed by atoms with Gasteiger partial charge < -0.3 is 18.8 Å². The summed E-state index contributed by atoms with van der Waals surface area (Å²) in [5.74, 6) is -0.00249. The molecule has 0 saturated carbocycles. The predicted molar refractivity (Wildman–Crippen MR) is 79.8 cm³/mol. The van der Waals surface area contributed by atoms with Crippen molar-refractivity contribution >= 4 is 23.7 Å². The van der Waals surface area contributed by atoms with Crippen LogP contribution in [0.2, 0.25) is 5.15 Å². The van der Waals surface area contributed by atoms with Crippen LogP contribution in [0.4, 0.5) is 4.79 Å². The molecule has 1 unspecified atom stereocenters. The van der Waals surface area contributed by atoms with Crippen molar-refractivity contribution in [1.82, 2.24) is 9.55 Å². The Bertz CT molecular complexity index is 530. The number of imidazole rings is 1. The lowest BCUT2D eigenvalue weighted by atomic mass is 10.2. The zero-order chi connectivity index (χ0) is 16.7. The van der Waals surface area contributed by atoms with Gasteiger partial charge >= 0.3 is 12.1 Å². The number of rotatable bonds is 7. The van der Waals surface area contributed by atoms with Crippen LogP contribution in [0.5, 0.6) is 0 Å². The maximum Gasteiger partial charge on any atom is 0.511 e.